The van der Waals surface area contributed by atoms with Gasteiger partial charge in [0.25, 0.3) is 0 Å². The highest BCUT2D eigenvalue weighted by Crippen LogP contribution is 2.24. The van der Waals surface area contributed by atoms with Crippen molar-refractivity contribution >= 4 is 0 Å². The average Bonchev–Trinajstić information content (AvgIpc) is 2.92. The Morgan fingerprint density at radius 2 is 2.28 bits per heavy atom. The van der Waals surface area contributed by atoms with Gasteiger partial charge in [0.1, 0.15) is 5.75 Å². The van der Waals surface area contributed by atoms with Gasteiger partial charge in [-0.25, -0.2) is 0 Å². The minimum atomic E-state index is 0.0708. The van der Waals surface area contributed by atoms with E-state index in [0.29, 0.717) is 6.61 Å². The maximum atomic E-state index is 5.59. The standard InChI is InChI=1S/C14H18N2O2/c1-3-5-18-13-7-12(8-16-9-13)14(15-2)11-4-6-17-10-11/h4,6-10,14-15H,3,5H2,1-2H3. The Kier molecular flexibility index (Phi) is 4.36. The first-order chi connectivity index (χ1) is 8.85. The second-order valence-corrected chi connectivity index (χ2v) is 4.08. The number of pyridine rings is 1. The lowest BCUT2D eigenvalue weighted by Crippen LogP contribution is -2.17. The zero-order valence-corrected chi connectivity index (χ0v) is 10.7. The number of aromatic nitrogens is 1. The van der Waals surface area contributed by atoms with E-state index in [0.717, 1.165) is 23.3 Å². The molecule has 0 aliphatic rings. The van der Waals surface area contributed by atoms with Crippen LogP contribution in [0.15, 0.2) is 41.5 Å². The number of nitrogens with one attached hydrogen (secondary N) is 1. The molecule has 1 unspecified atom stereocenters. The smallest absolute Gasteiger partial charge is 0.137 e. The molecule has 2 aromatic heterocycles. The van der Waals surface area contributed by atoms with E-state index >= 15 is 0 Å². The van der Waals surface area contributed by atoms with Crippen molar-refractivity contribution in [2.24, 2.45) is 0 Å². The molecule has 0 amide bonds. The summed E-state index contributed by atoms with van der Waals surface area (Å²) in [7, 11) is 1.91. The maximum absolute atomic E-state index is 5.59. The van der Waals surface area contributed by atoms with Gasteiger partial charge in [-0.3, -0.25) is 4.98 Å². The van der Waals surface area contributed by atoms with Gasteiger partial charge in [-0.15, -0.1) is 0 Å². The highest BCUT2D eigenvalue weighted by molar-refractivity contribution is 5.32. The minimum Gasteiger partial charge on any atom is -0.492 e. The molecule has 0 fully saturated rings. The topological polar surface area (TPSA) is 47.3 Å². The lowest BCUT2D eigenvalue weighted by molar-refractivity contribution is 0.315. The Labute approximate surface area is 107 Å². The van der Waals surface area contributed by atoms with Crippen molar-refractivity contribution in [2.75, 3.05) is 13.7 Å². The molecule has 4 heteroatoms. The lowest BCUT2D eigenvalue weighted by Gasteiger charge is -2.15. The second kappa shape index (κ2) is 6.21. The van der Waals surface area contributed by atoms with E-state index in [-0.39, 0.29) is 6.04 Å². The molecule has 0 aromatic carbocycles. The normalized spacial score (nSPS) is 12.3. The van der Waals surface area contributed by atoms with Crippen molar-refractivity contribution in [3.05, 3.63) is 48.2 Å². The molecule has 0 saturated heterocycles. The first kappa shape index (κ1) is 12.6. The number of nitrogens with zero attached hydrogens (tertiary/aromatic N) is 1. The van der Waals surface area contributed by atoms with E-state index < -0.39 is 0 Å². The van der Waals surface area contributed by atoms with Gasteiger partial charge in [-0.1, -0.05) is 6.92 Å². The number of hydrogen-bond donors (Lipinski definition) is 1. The van der Waals surface area contributed by atoms with Crippen molar-refractivity contribution in [2.45, 2.75) is 19.4 Å². The van der Waals surface area contributed by atoms with Crippen LogP contribution in [0.1, 0.15) is 30.5 Å². The first-order valence-electron chi connectivity index (χ1n) is 6.12. The highest BCUT2D eigenvalue weighted by Gasteiger charge is 2.14. The van der Waals surface area contributed by atoms with Crippen LogP contribution < -0.4 is 10.1 Å². The van der Waals surface area contributed by atoms with Crippen LogP contribution in [0.4, 0.5) is 0 Å². The van der Waals surface area contributed by atoms with Gasteiger partial charge in [-0.05, 0) is 31.2 Å². The summed E-state index contributed by atoms with van der Waals surface area (Å²) in [6, 6.07) is 4.03. The van der Waals surface area contributed by atoms with E-state index in [9.17, 15) is 0 Å². The summed E-state index contributed by atoms with van der Waals surface area (Å²) in [4.78, 5) is 4.22. The molecule has 18 heavy (non-hydrogen) atoms. The minimum absolute atomic E-state index is 0.0708. The lowest BCUT2D eigenvalue weighted by atomic mass is 10.0. The van der Waals surface area contributed by atoms with Gasteiger partial charge in [-0.2, -0.15) is 0 Å². The molecule has 4 nitrogen and oxygen atoms in total. The van der Waals surface area contributed by atoms with Gasteiger partial charge < -0.3 is 14.5 Å². The van der Waals surface area contributed by atoms with Crippen molar-refractivity contribution in [3.8, 4) is 5.75 Å². The molecule has 2 rings (SSSR count). The third-order valence-electron chi connectivity index (χ3n) is 2.71. The summed E-state index contributed by atoms with van der Waals surface area (Å²) in [5, 5.41) is 3.25. The molecule has 0 radical (unpaired) electrons. The van der Waals surface area contributed by atoms with Crippen molar-refractivity contribution in [1.29, 1.82) is 0 Å². The zero-order chi connectivity index (χ0) is 12.8. The van der Waals surface area contributed by atoms with Gasteiger partial charge in [0.05, 0.1) is 31.4 Å². The van der Waals surface area contributed by atoms with Crippen molar-refractivity contribution in [1.82, 2.24) is 10.3 Å². The molecular weight excluding hydrogens is 228 g/mol. The molecule has 0 aliphatic carbocycles. The first-order valence-corrected chi connectivity index (χ1v) is 6.12. The second-order valence-electron chi connectivity index (χ2n) is 4.08. The van der Waals surface area contributed by atoms with Gasteiger partial charge in [0.15, 0.2) is 0 Å². The Hall–Kier alpha value is -1.81. The van der Waals surface area contributed by atoms with Crippen LogP contribution in [0.3, 0.4) is 0 Å². The Bertz CT molecular complexity index is 468. The third-order valence-corrected chi connectivity index (χ3v) is 2.71. The average molecular weight is 246 g/mol. The number of hydrogen-bond acceptors (Lipinski definition) is 4. The Morgan fingerprint density at radius 1 is 1.39 bits per heavy atom. The van der Waals surface area contributed by atoms with Gasteiger partial charge in [0, 0.05) is 11.8 Å². The van der Waals surface area contributed by atoms with Crippen molar-refractivity contribution in [3.63, 3.8) is 0 Å². The summed E-state index contributed by atoms with van der Waals surface area (Å²) >= 11 is 0. The van der Waals surface area contributed by atoms with Gasteiger partial charge in [0.2, 0.25) is 0 Å². The molecule has 0 aliphatic heterocycles. The summed E-state index contributed by atoms with van der Waals surface area (Å²) < 4.78 is 10.7. The SMILES string of the molecule is CCCOc1cncc(C(NC)c2ccoc2)c1. The molecule has 0 bridgehead atoms. The molecule has 1 N–H and O–H groups in total. The third kappa shape index (κ3) is 2.90. The van der Waals surface area contributed by atoms with Crippen LogP contribution in [0, 0.1) is 0 Å². The highest BCUT2D eigenvalue weighted by atomic mass is 16.5. The van der Waals surface area contributed by atoms with E-state index in [1.807, 2.05) is 25.4 Å². The summed E-state index contributed by atoms with van der Waals surface area (Å²) in [5.74, 6) is 0.804. The number of furan rings is 1. The van der Waals surface area contributed by atoms with Crippen LogP contribution >= 0.6 is 0 Å². The molecule has 1 atom stereocenters. The fraction of sp³-hybridized carbons (Fsp3) is 0.357. The number of rotatable bonds is 6. The van der Waals surface area contributed by atoms with Crippen LogP contribution in [0.5, 0.6) is 5.75 Å². The summed E-state index contributed by atoms with van der Waals surface area (Å²) in [6.45, 7) is 2.79. The fourth-order valence-electron chi connectivity index (χ4n) is 1.86. The maximum Gasteiger partial charge on any atom is 0.137 e. The predicted octanol–water partition coefficient (Wildman–Crippen LogP) is 2.77. The number of ether oxygens (including phenoxy) is 1. The zero-order valence-electron chi connectivity index (χ0n) is 10.7. The fourth-order valence-corrected chi connectivity index (χ4v) is 1.86. The Morgan fingerprint density at radius 3 is 2.94 bits per heavy atom. The van der Waals surface area contributed by atoms with Crippen molar-refractivity contribution < 1.29 is 9.15 Å². The summed E-state index contributed by atoms with van der Waals surface area (Å²) in [6.07, 6.45) is 7.97. The molecule has 96 valence electrons. The molecule has 0 spiro atoms. The van der Waals surface area contributed by atoms with Gasteiger partial charge >= 0.3 is 0 Å². The van der Waals surface area contributed by atoms with E-state index in [1.165, 1.54) is 0 Å². The van der Waals surface area contributed by atoms with Crippen LogP contribution in [0.25, 0.3) is 0 Å². The molecular formula is C14H18N2O2. The summed E-state index contributed by atoms with van der Waals surface area (Å²) in [5.41, 5.74) is 2.14. The van der Waals surface area contributed by atoms with E-state index in [4.69, 9.17) is 9.15 Å². The van der Waals surface area contributed by atoms with Crippen LogP contribution in [-0.2, 0) is 0 Å². The predicted molar refractivity (Wildman–Crippen MR) is 69.6 cm³/mol. The Balaban J connectivity index is 2.20. The van der Waals surface area contributed by atoms with E-state index in [2.05, 4.69) is 17.2 Å². The van der Waals surface area contributed by atoms with Crippen LogP contribution in [0.2, 0.25) is 0 Å². The van der Waals surface area contributed by atoms with Crippen LogP contribution in [-0.4, -0.2) is 18.6 Å². The quantitative estimate of drug-likeness (QED) is 0.851. The molecule has 2 heterocycles. The molecule has 2 aromatic rings. The van der Waals surface area contributed by atoms with E-state index in [1.54, 1.807) is 18.7 Å². The largest absolute Gasteiger partial charge is 0.492 e. The monoisotopic (exact) mass is 246 g/mol. The molecule has 0 saturated carbocycles.